The molecular weight excluding hydrogens is 372 g/mol. The zero-order valence-electron chi connectivity index (χ0n) is 17.0. The average molecular weight is 399 g/mol. The smallest absolute Gasteiger partial charge is 0.188 e. The molecule has 0 N–H and O–H groups in total. The van der Waals surface area contributed by atoms with E-state index in [4.69, 9.17) is 19.5 Å². The molecule has 0 saturated heterocycles. The summed E-state index contributed by atoms with van der Waals surface area (Å²) >= 11 is 0. The highest BCUT2D eigenvalue weighted by Crippen LogP contribution is 2.46. The number of rotatable bonds is 2. The van der Waals surface area contributed by atoms with Crippen molar-refractivity contribution in [3.63, 3.8) is 0 Å². The van der Waals surface area contributed by atoms with E-state index in [2.05, 4.69) is 48.5 Å². The van der Waals surface area contributed by atoms with Crippen molar-refractivity contribution >= 4 is 11.8 Å². The van der Waals surface area contributed by atoms with Crippen LogP contribution in [0.5, 0.6) is 0 Å². The van der Waals surface area contributed by atoms with Crippen LogP contribution in [0, 0.1) is 11.8 Å². The third kappa shape index (κ3) is 2.46. The molecule has 152 valence electrons. The van der Waals surface area contributed by atoms with E-state index in [1.807, 2.05) is 0 Å². The van der Waals surface area contributed by atoms with Crippen LogP contribution in [0.25, 0.3) is 0 Å². The van der Waals surface area contributed by atoms with Gasteiger partial charge < -0.3 is 9.47 Å². The van der Waals surface area contributed by atoms with Crippen LogP contribution in [0.15, 0.2) is 58.5 Å². The zero-order chi connectivity index (χ0) is 19.7. The Morgan fingerprint density at radius 3 is 1.60 bits per heavy atom. The van der Waals surface area contributed by atoms with Gasteiger partial charge in [0.25, 0.3) is 0 Å². The molecule has 6 atom stereocenters. The summed E-state index contributed by atoms with van der Waals surface area (Å²) in [7, 11) is 0. The van der Waals surface area contributed by atoms with E-state index in [0.29, 0.717) is 11.8 Å². The van der Waals surface area contributed by atoms with Crippen LogP contribution in [-0.2, 0) is 22.3 Å². The molecule has 0 bridgehead atoms. The summed E-state index contributed by atoms with van der Waals surface area (Å²) in [6, 6.07) is 17.7. The van der Waals surface area contributed by atoms with Crippen LogP contribution in [-0.4, -0.2) is 24.0 Å². The monoisotopic (exact) mass is 398 g/mol. The molecule has 0 aromatic heterocycles. The van der Waals surface area contributed by atoms with Crippen LogP contribution >= 0.6 is 0 Å². The van der Waals surface area contributed by atoms with Gasteiger partial charge in [0, 0.05) is 24.7 Å². The molecule has 4 heteroatoms. The number of ether oxygens (including phenoxy) is 2. The molecule has 2 aromatic rings. The van der Waals surface area contributed by atoms with Gasteiger partial charge in [-0.1, -0.05) is 61.4 Å². The van der Waals surface area contributed by atoms with Gasteiger partial charge >= 0.3 is 0 Å². The molecule has 3 aliphatic carbocycles. The van der Waals surface area contributed by atoms with Crippen LogP contribution in [0.1, 0.15) is 60.0 Å². The fourth-order valence-corrected chi connectivity index (χ4v) is 6.33. The first-order valence-electron chi connectivity index (χ1n) is 11.5. The Balaban J connectivity index is 1.18. The van der Waals surface area contributed by atoms with Gasteiger partial charge in [0.2, 0.25) is 0 Å². The number of benzene rings is 2. The first kappa shape index (κ1) is 17.1. The van der Waals surface area contributed by atoms with Gasteiger partial charge in [-0.15, -0.1) is 0 Å². The molecular formula is C26H26N2O2. The Morgan fingerprint density at radius 2 is 1.10 bits per heavy atom. The number of aliphatic imine (C=N–C) groups is 2. The third-order valence-electron chi connectivity index (χ3n) is 7.77. The number of fused-ring (bicyclic) bond motifs is 6. The minimum Gasteiger partial charge on any atom is -0.474 e. The number of hydrogen-bond acceptors (Lipinski definition) is 4. The van der Waals surface area contributed by atoms with Gasteiger partial charge in [-0.2, -0.15) is 0 Å². The largest absolute Gasteiger partial charge is 0.474 e. The average Bonchev–Trinajstić information content (AvgIpc) is 3.52. The first-order valence-corrected chi connectivity index (χ1v) is 11.5. The maximum atomic E-state index is 6.49. The predicted molar refractivity (Wildman–Crippen MR) is 116 cm³/mol. The van der Waals surface area contributed by atoms with Gasteiger partial charge in [-0.25, -0.2) is 9.98 Å². The van der Waals surface area contributed by atoms with Crippen molar-refractivity contribution in [3.8, 4) is 0 Å². The lowest BCUT2D eigenvalue weighted by Crippen LogP contribution is -2.34. The Morgan fingerprint density at radius 1 is 0.633 bits per heavy atom. The Kier molecular flexibility index (Phi) is 3.67. The molecule has 0 unspecified atom stereocenters. The summed E-state index contributed by atoms with van der Waals surface area (Å²) < 4.78 is 13.0. The normalized spacial score (nSPS) is 35.5. The van der Waals surface area contributed by atoms with Gasteiger partial charge in [-0.3, -0.25) is 0 Å². The molecule has 7 rings (SSSR count). The van der Waals surface area contributed by atoms with Crippen molar-refractivity contribution in [1.29, 1.82) is 0 Å². The standard InChI is InChI=1S/C26H26N2O2/c1-3-9-17-15(7-1)13-21-23(17)27-25(29-21)19-11-5-6-12-20(19)26-28-24-18-10-4-2-8-16(18)14-22(24)30-26/h1-4,7-10,19-24H,5-6,11-14H2/t19-,20-,21+,22+,23-,24-/m1/s1. The van der Waals surface area contributed by atoms with Gasteiger partial charge in [-0.05, 0) is 35.1 Å². The molecule has 0 amide bonds. The van der Waals surface area contributed by atoms with Crippen molar-refractivity contribution in [2.24, 2.45) is 21.8 Å². The summed E-state index contributed by atoms with van der Waals surface area (Å²) in [4.78, 5) is 10.3. The molecule has 4 nitrogen and oxygen atoms in total. The highest BCUT2D eigenvalue weighted by atomic mass is 16.5. The second-order valence-electron chi connectivity index (χ2n) is 9.44. The van der Waals surface area contributed by atoms with Crippen LogP contribution in [0.2, 0.25) is 0 Å². The Hall–Kier alpha value is -2.62. The topological polar surface area (TPSA) is 43.2 Å². The van der Waals surface area contributed by atoms with Crippen LogP contribution in [0.4, 0.5) is 0 Å². The van der Waals surface area contributed by atoms with Crippen LogP contribution in [0.3, 0.4) is 0 Å². The fraction of sp³-hybridized carbons (Fsp3) is 0.462. The van der Waals surface area contributed by atoms with Gasteiger partial charge in [0.05, 0.1) is 0 Å². The molecule has 2 aromatic carbocycles. The lowest BCUT2D eigenvalue weighted by molar-refractivity contribution is 0.163. The predicted octanol–water partition coefficient (Wildman–Crippen LogP) is 4.98. The zero-order valence-corrected chi connectivity index (χ0v) is 17.0. The summed E-state index contributed by atoms with van der Waals surface area (Å²) in [5.74, 6) is 2.55. The Bertz CT molecular complexity index is 989. The van der Waals surface area contributed by atoms with Crippen molar-refractivity contribution in [1.82, 2.24) is 0 Å². The minimum absolute atomic E-state index is 0.177. The van der Waals surface area contributed by atoms with Gasteiger partial charge in [0.1, 0.15) is 24.3 Å². The van der Waals surface area contributed by atoms with E-state index in [9.17, 15) is 0 Å². The molecule has 2 aliphatic heterocycles. The van der Waals surface area contributed by atoms with E-state index < -0.39 is 0 Å². The molecule has 30 heavy (non-hydrogen) atoms. The summed E-state index contributed by atoms with van der Waals surface area (Å²) in [5.41, 5.74) is 5.49. The summed E-state index contributed by atoms with van der Waals surface area (Å²) in [6.07, 6.45) is 7.03. The lowest BCUT2D eigenvalue weighted by Gasteiger charge is -2.31. The van der Waals surface area contributed by atoms with Crippen molar-refractivity contribution < 1.29 is 9.47 Å². The highest BCUT2D eigenvalue weighted by Gasteiger charge is 2.47. The molecule has 1 saturated carbocycles. The van der Waals surface area contributed by atoms with Crippen molar-refractivity contribution in [2.45, 2.75) is 62.8 Å². The quantitative estimate of drug-likeness (QED) is 0.716. The van der Waals surface area contributed by atoms with E-state index in [1.165, 1.54) is 35.1 Å². The lowest BCUT2D eigenvalue weighted by atomic mass is 9.78. The number of nitrogens with zero attached hydrogens (tertiary/aromatic N) is 2. The third-order valence-corrected chi connectivity index (χ3v) is 7.77. The van der Waals surface area contributed by atoms with E-state index in [-0.39, 0.29) is 24.3 Å². The molecule has 5 aliphatic rings. The SMILES string of the molecule is c1ccc2c(c1)C[C@@H]1OC([C@@H]3CCCC[C@H]3C3=N[C@@H]4c5ccccc5C[C@@H]4O3)=N[C@H]21. The van der Waals surface area contributed by atoms with Crippen LogP contribution < -0.4 is 0 Å². The fourth-order valence-electron chi connectivity index (χ4n) is 6.33. The summed E-state index contributed by atoms with van der Waals surface area (Å²) in [5, 5.41) is 0. The highest BCUT2D eigenvalue weighted by molar-refractivity contribution is 5.90. The second kappa shape index (κ2) is 6.44. The molecule has 2 heterocycles. The Labute approximate surface area is 177 Å². The van der Waals surface area contributed by atoms with Crippen molar-refractivity contribution in [2.75, 3.05) is 0 Å². The van der Waals surface area contributed by atoms with E-state index >= 15 is 0 Å². The summed E-state index contributed by atoms with van der Waals surface area (Å²) in [6.45, 7) is 0. The molecule has 1 fully saturated rings. The second-order valence-corrected chi connectivity index (χ2v) is 9.44. The van der Waals surface area contributed by atoms with E-state index in [1.54, 1.807) is 0 Å². The number of hydrogen-bond donors (Lipinski definition) is 0. The maximum Gasteiger partial charge on any atom is 0.188 e. The van der Waals surface area contributed by atoms with Crippen molar-refractivity contribution in [3.05, 3.63) is 70.8 Å². The minimum atomic E-state index is 0.177. The first-order chi connectivity index (χ1) is 14.8. The maximum absolute atomic E-state index is 6.49. The van der Waals surface area contributed by atoms with Gasteiger partial charge in [0.15, 0.2) is 11.8 Å². The molecule has 0 radical (unpaired) electrons. The molecule has 0 spiro atoms. The van der Waals surface area contributed by atoms with E-state index in [0.717, 1.165) is 37.5 Å².